The lowest BCUT2D eigenvalue weighted by Gasteiger charge is -2.03. The minimum atomic E-state index is -0.319. The maximum absolute atomic E-state index is 12.9. The van der Waals surface area contributed by atoms with E-state index in [4.69, 9.17) is 12.2 Å². The molecule has 1 amide bonds. The van der Waals surface area contributed by atoms with Gasteiger partial charge in [0.2, 0.25) is 0 Å². The minimum Gasteiger partial charge on any atom is -0.296 e. The number of carbonyl (C=O) groups is 1. The van der Waals surface area contributed by atoms with E-state index < -0.39 is 0 Å². The average molecular weight is 253 g/mol. The topological polar surface area (TPSA) is 20.3 Å². The highest BCUT2D eigenvalue weighted by Crippen LogP contribution is 2.31. The van der Waals surface area contributed by atoms with Gasteiger partial charge >= 0.3 is 0 Å². The van der Waals surface area contributed by atoms with Crippen LogP contribution >= 0.6 is 24.0 Å². The van der Waals surface area contributed by atoms with Crippen molar-refractivity contribution >= 4 is 40.3 Å². The van der Waals surface area contributed by atoms with E-state index >= 15 is 0 Å². The molecule has 1 aromatic carbocycles. The number of carbonyl (C=O) groups excluding carboxylic acids is 1. The van der Waals surface area contributed by atoms with Crippen molar-refractivity contribution in [2.45, 2.75) is 0 Å². The molecule has 1 aliphatic rings. The Morgan fingerprint density at radius 2 is 2.25 bits per heavy atom. The first-order valence-corrected chi connectivity index (χ1v) is 5.77. The van der Waals surface area contributed by atoms with Gasteiger partial charge in [-0.15, -0.1) is 0 Å². The Morgan fingerprint density at radius 3 is 2.81 bits per heavy atom. The molecular formula is C11H8FNOS2. The van der Waals surface area contributed by atoms with Gasteiger partial charge in [-0.1, -0.05) is 36.1 Å². The Bertz CT molecular complexity index is 499. The summed E-state index contributed by atoms with van der Waals surface area (Å²) in [5, 5.41) is 0. The molecule has 0 aliphatic carbocycles. The van der Waals surface area contributed by atoms with E-state index in [1.54, 1.807) is 25.3 Å². The molecule has 1 aliphatic heterocycles. The zero-order valence-electron chi connectivity index (χ0n) is 8.44. The van der Waals surface area contributed by atoms with Gasteiger partial charge in [0.05, 0.1) is 4.91 Å². The van der Waals surface area contributed by atoms with Crippen LogP contribution in [0.3, 0.4) is 0 Å². The van der Waals surface area contributed by atoms with Gasteiger partial charge in [-0.05, 0) is 23.8 Å². The van der Waals surface area contributed by atoms with Gasteiger partial charge in [-0.25, -0.2) is 4.39 Å². The Balaban J connectivity index is 2.33. The molecule has 1 aromatic rings. The van der Waals surface area contributed by atoms with Crippen LogP contribution in [-0.4, -0.2) is 22.2 Å². The Kier molecular flexibility index (Phi) is 3.07. The van der Waals surface area contributed by atoms with Crippen molar-refractivity contribution in [3.8, 4) is 0 Å². The maximum atomic E-state index is 12.9. The number of hydrogen-bond donors (Lipinski definition) is 0. The molecule has 2 rings (SSSR count). The summed E-state index contributed by atoms with van der Waals surface area (Å²) in [4.78, 5) is 13.6. The Hall–Kier alpha value is -1.20. The van der Waals surface area contributed by atoms with E-state index in [0.29, 0.717) is 14.8 Å². The molecule has 0 radical (unpaired) electrons. The fourth-order valence-corrected chi connectivity index (χ4v) is 2.47. The van der Waals surface area contributed by atoms with E-state index in [0.717, 1.165) is 0 Å². The normalized spacial score (nSPS) is 18.6. The second kappa shape index (κ2) is 4.35. The molecule has 1 fully saturated rings. The minimum absolute atomic E-state index is 0.140. The quantitative estimate of drug-likeness (QED) is 0.567. The van der Waals surface area contributed by atoms with Gasteiger partial charge in [0, 0.05) is 7.05 Å². The van der Waals surface area contributed by atoms with E-state index in [9.17, 15) is 9.18 Å². The van der Waals surface area contributed by atoms with E-state index in [2.05, 4.69) is 0 Å². The molecule has 0 aromatic heterocycles. The van der Waals surface area contributed by atoms with Crippen molar-refractivity contribution in [1.82, 2.24) is 4.90 Å². The number of thioether (sulfide) groups is 1. The van der Waals surface area contributed by atoms with Crippen molar-refractivity contribution in [1.29, 1.82) is 0 Å². The van der Waals surface area contributed by atoms with Crippen LogP contribution in [0.2, 0.25) is 0 Å². The number of thiocarbonyl (C=S) groups is 1. The molecule has 0 N–H and O–H groups in total. The second-order valence-electron chi connectivity index (χ2n) is 3.30. The van der Waals surface area contributed by atoms with E-state index in [1.165, 1.54) is 28.8 Å². The summed E-state index contributed by atoms with van der Waals surface area (Å²) in [5.74, 6) is -0.458. The van der Waals surface area contributed by atoms with Gasteiger partial charge in [0.15, 0.2) is 0 Å². The number of hydrogen-bond acceptors (Lipinski definition) is 3. The first-order valence-electron chi connectivity index (χ1n) is 4.55. The lowest BCUT2D eigenvalue weighted by molar-refractivity contribution is -0.121. The standard InChI is InChI=1S/C11H8FNOS2/c1-13-10(14)9(16-11(13)15)6-7-3-2-4-8(12)5-7/h2-6H,1H3/b9-6-. The molecule has 0 unspecified atom stereocenters. The molecule has 1 heterocycles. The number of nitrogens with zero attached hydrogens (tertiary/aromatic N) is 1. The predicted molar refractivity (Wildman–Crippen MR) is 67.3 cm³/mol. The van der Waals surface area contributed by atoms with Gasteiger partial charge < -0.3 is 0 Å². The molecular weight excluding hydrogens is 245 g/mol. The summed E-state index contributed by atoms with van der Waals surface area (Å²) in [6, 6.07) is 6.09. The SMILES string of the molecule is CN1C(=O)/C(=C/c2cccc(F)c2)SC1=S. The van der Waals surface area contributed by atoms with Crippen molar-refractivity contribution in [3.63, 3.8) is 0 Å². The van der Waals surface area contributed by atoms with Crippen LogP contribution < -0.4 is 0 Å². The van der Waals surface area contributed by atoms with E-state index in [-0.39, 0.29) is 11.7 Å². The Morgan fingerprint density at radius 1 is 1.50 bits per heavy atom. The van der Waals surface area contributed by atoms with Crippen LogP contribution in [0.15, 0.2) is 29.2 Å². The number of likely N-dealkylation sites (N-methyl/N-ethyl adjacent to an activating group) is 1. The van der Waals surface area contributed by atoms with Gasteiger partial charge in [0.25, 0.3) is 5.91 Å². The van der Waals surface area contributed by atoms with Crippen molar-refractivity contribution in [2.75, 3.05) is 7.05 Å². The third-order valence-corrected chi connectivity index (χ3v) is 3.62. The largest absolute Gasteiger partial charge is 0.296 e. The summed E-state index contributed by atoms with van der Waals surface area (Å²) in [7, 11) is 1.63. The smallest absolute Gasteiger partial charge is 0.265 e. The molecule has 5 heteroatoms. The number of amides is 1. The first kappa shape index (κ1) is 11.3. The molecule has 82 valence electrons. The van der Waals surface area contributed by atoms with Crippen LogP contribution in [0.1, 0.15) is 5.56 Å². The zero-order valence-corrected chi connectivity index (χ0v) is 10.1. The fourth-order valence-electron chi connectivity index (χ4n) is 1.29. The summed E-state index contributed by atoms with van der Waals surface area (Å²) >= 11 is 6.22. The molecule has 0 saturated carbocycles. The Labute approximate surface area is 102 Å². The van der Waals surface area contributed by atoms with Crippen LogP contribution in [0, 0.1) is 5.82 Å². The summed E-state index contributed by atoms with van der Waals surface area (Å²) in [5.41, 5.74) is 0.661. The lowest BCUT2D eigenvalue weighted by Crippen LogP contribution is -2.22. The van der Waals surface area contributed by atoms with Crippen LogP contribution in [0.4, 0.5) is 4.39 Å². The van der Waals surface area contributed by atoms with Crippen LogP contribution in [0.5, 0.6) is 0 Å². The zero-order chi connectivity index (χ0) is 11.7. The molecule has 0 atom stereocenters. The van der Waals surface area contributed by atoms with E-state index in [1.807, 2.05) is 0 Å². The summed E-state index contributed by atoms with van der Waals surface area (Å²) in [6.45, 7) is 0. The summed E-state index contributed by atoms with van der Waals surface area (Å²) in [6.07, 6.45) is 1.64. The van der Waals surface area contributed by atoms with Crippen LogP contribution in [0.25, 0.3) is 6.08 Å². The molecule has 2 nitrogen and oxygen atoms in total. The number of rotatable bonds is 1. The lowest BCUT2D eigenvalue weighted by atomic mass is 10.2. The van der Waals surface area contributed by atoms with Gasteiger partial charge in [0.1, 0.15) is 10.1 Å². The van der Waals surface area contributed by atoms with Crippen molar-refractivity contribution in [2.24, 2.45) is 0 Å². The molecule has 16 heavy (non-hydrogen) atoms. The first-order chi connectivity index (χ1) is 7.58. The second-order valence-corrected chi connectivity index (χ2v) is 4.97. The fraction of sp³-hybridized carbons (Fsp3) is 0.0909. The summed E-state index contributed by atoms with van der Waals surface area (Å²) < 4.78 is 13.5. The van der Waals surface area contributed by atoms with Gasteiger partial charge in [-0.3, -0.25) is 9.69 Å². The monoisotopic (exact) mass is 253 g/mol. The maximum Gasteiger partial charge on any atom is 0.265 e. The highest BCUT2D eigenvalue weighted by molar-refractivity contribution is 8.26. The number of halogens is 1. The molecule has 0 spiro atoms. The third-order valence-electron chi connectivity index (χ3n) is 2.13. The highest BCUT2D eigenvalue weighted by atomic mass is 32.2. The molecule has 0 bridgehead atoms. The molecule has 1 saturated heterocycles. The predicted octanol–water partition coefficient (Wildman–Crippen LogP) is 2.66. The number of benzene rings is 1. The van der Waals surface area contributed by atoms with Crippen molar-refractivity contribution in [3.05, 3.63) is 40.6 Å². The highest BCUT2D eigenvalue weighted by Gasteiger charge is 2.28. The van der Waals surface area contributed by atoms with Gasteiger partial charge in [-0.2, -0.15) is 0 Å². The van der Waals surface area contributed by atoms with Crippen LogP contribution in [-0.2, 0) is 4.79 Å². The average Bonchev–Trinajstić information content (AvgIpc) is 2.47. The third kappa shape index (κ3) is 2.15. The van der Waals surface area contributed by atoms with Crippen molar-refractivity contribution < 1.29 is 9.18 Å².